The molecule has 1 aromatic rings. The van der Waals surface area contributed by atoms with Gasteiger partial charge < -0.3 is 15.5 Å². The molecule has 1 aromatic carbocycles. The molecule has 164 valence electrons. The first kappa shape index (κ1) is 21.3. The second kappa shape index (κ2) is 9.08. The number of hydrogen-bond acceptors (Lipinski definition) is 7. The lowest BCUT2D eigenvalue weighted by Crippen LogP contribution is -2.42. The second-order valence-corrected chi connectivity index (χ2v) is 9.74. The zero-order chi connectivity index (χ0) is 21.8. The summed E-state index contributed by atoms with van der Waals surface area (Å²) >= 11 is 0. The third-order valence-electron chi connectivity index (χ3n) is 5.37. The highest BCUT2D eigenvalue weighted by Gasteiger charge is 2.31. The van der Waals surface area contributed by atoms with Crippen LogP contribution < -0.4 is 10.6 Å². The van der Waals surface area contributed by atoms with Crippen molar-refractivity contribution in [3.05, 3.63) is 58.0 Å². The standard InChI is InChI=1S/C21H24FN5O3S/c22-20-5-1-15(11-16(20)12-23)14-30-26-18-7-9-27(10-8-18)31(28,29)19-4-6-21(24-13-19)25-17-2-3-17/h1,4-6,11,17,24-25H,2-3,7-10,13-14H2. The Labute approximate surface area is 181 Å². The van der Waals surface area contributed by atoms with Crippen molar-refractivity contribution in [1.82, 2.24) is 14.9 Å². The van der Waals surface area contributed by atoms with E-state index in [0.29, 0.717) is 42.4 Å². The van der Waals surface area contributed by atoms with Crippen LogP contribution in [0.2, 0.25) is 0 Å². The molecular weight excluding hydrogens is 421 g/mol. The minimum Gasteiger partial charge on any atom is -0.391 e. The molecule has 0 aromatic heterocycles. The van der Waals surface area contributed by atoms with Crippen molar-refractivity contribution < 1.29 is 17.6 Å². The van der Waals surface area contributed by atoms with Crippen molar-refractivity contribution in [2.24, 2.45) is 5.16 Å². The van der Waals surface area contributed by atoms with E-state index < -0.39 is 15.8 Å². The molecule has 2 aliphatic heterocycles. The molecule has 10 heteroatoms. The molecule has 2 fully saturated rings. The Bertz CT molecular complexity index is 1080. The average molecular weight is 446 g/mol. The minimum atomic E-state index is -3.52. The van der Waals surface area contributed by atoms with Crippen LogP contribution >= 0.6 is 0 Å². The first-order valence-corrected chi connectivity index (χ1v) is 11.7. The van der Waals surface area contributed by atoms with E-state index in [1.165, 1.54) is 22.5 Å². The third kappa shape index (κ3) is 5.24. The number of benzene rings is 1. The first-order valence-electron chi connectivity index (χ1n) is 10.2. The van der Waals surface area contributed by atoms with E-state index in [4.69, 9.17) is 10.1 Å². The Morgan fingerprint density at radius 3 is 2.71 bits per heavy atom. The molecule has 2 N–H and O–H groups in total. The molecule has 3 aliphatic rings. The summed E-state index contributed by atoms with van der Waals surface area (Å²) in [6, 6.07) is 6.48. The third-order valence-corrected chi connectivity index (χ3v) is 7.36. The number of rotatable bonds is 7. The summed E-state index contributed by atoms with van der Waals surface area (Å²) in [5.41, 5.74) is 1.38. The zero-order valence-electron chi connectivity index (χ0n) is 17.0. The van der Waals surface area contributed by atoms with Crippen molar-refractivity contribution in [1.29, 1.82) is 5.26 Å². The van der Waals surface area contributed by atoms with Gasteiger partial charge in [-0.05, 0) is 42.7 Å². The number of piperidine rings is 1. The van der Waals surface area contributed by atoms with E-state index in [0.717, 1.165) is 24.4 Å². The van der Waals surface area contributed by atoms with Gasteiger partial charge in [0.2, 0.25) is 10.0 Å². The topological polar surface area (TPSA) is 107 Å². The summed E-state index contributed by atoms with van der Waals surface area (Å²) < 4.78 is 40.7. The van der Waals surface area contributed by atoms with Crippen molar-refractivity contribution in [2.45, 2.75) is 38.3 Å². The normalized spacial score (nSPS) is 19.5. The Balaban J connectivity index is 1.29. The van der Waals surface area contributed by atoms with Gasteiger partial charge in [-0.2, -0.15) is 9.57 Å². The summed E-state index contributed by atoms with van der Waals surface area (Å²) in [5.74, 6) is 0.301. The van der Waals surface area contributed by atoms with Gasteiger partial charge in [-0.3, -0.25) is 0 Å². The van der Waals surface area contributed by atoms with Crippen LogP contribution in [0, 0.1) is 17.1 Å². The quantitative estimate of drug-likeness (QED) is 0.623. The molecule has 0 bridgehead atoms. The van der Waals surface area contributed by atoms with Crippen LogP contribution in [-0.2, 0) is 21.5 Å². The maximum absolute atomic E-state index is 13.4. The molecule has 0 unspecified atom stereocenters. The maximum Gasteiger partial charge on any atom is 0.241 e. The van der Waals surface area contributed by atoms with Crippen LogP contribution in [0.1, 0.15) is 36.8 Å². The summed E-state index contributed by atoms with van der Waals surface area (Å²) in [5, 5.41) is 19.4. The Kier molecular flexibility index (Phi) is 6.25. The number of sulfonamides is 1. The van der Waals surface area contributed by atoms with Crippen molar-refractivity contribution in [2.75, 3.05) is 19.6 Å². The van der Waals surface area contributed by atoms with Gasteiger partial charge in [0, 0.05) is 32.0 Å². The smallest absolute Gasteiger partial charge is 0.241 e. The zero-order valence-corrected chi connectivity index (χ0v) is 17.8. The Morgan fingerprint density at radius 2 is 2.06 bits per heavy atom. The summed E-state index contributed by atoms with van der Waals surface area (Å²) in [6.45, 7) is 1.07. The fraction of sp³-hybridized carbons (Fsp3) is 0.429. The number of allylic oxidation sites excluding steroid dienone is 2. The number of nitrogens with one attached hydrogen (secondary N) is 2. The maximum atomic E-state index is 13.4. The van der Waals surface area contributed by atoms with Crippen LogP contribution in [0.15, 0.2) is 46.2 Å². The van der Waals surface area contributed by atoms with E-state index in [1.54, 1.807) is 18.2 Å². The number of oxime groups is 1. The molecule has 2 heterocycles. The number of halogens is 1. The molecule has 31 heavy (non-hydrogen) atoms. The van der Waals surface area contributed by atoms with E-state index in [-0.39, 0.29) is 18.7 Å². The lowest BCUT2D eigenvalue weighted by atomic mass is 10.1. The number of dihydropyridines is 1. The Morgan fingerprint density at radius 1 is 1.29 bits per heavy atom. The summed E-state index contributed by atoms with van der Waals surface area (Å²) in [7, 11) is -3.52. The Hall–Kier alpha value is -2.90. The van der Waals surface area contributed by atoms with E-state index in [1.807, 2.05) is 0 Å². The highest BCUT2D eigenvalue weighted by atomic mass is 32.2. The number of nitriles is 1. The van der Waals surface area contributed by atoms with Crippen molar-refractivity contribution in [3.63, 3.8) is 0 Å². The molecule has 0 amide bonds. The van der Waals surface area contributed by atoms with Gasteiger partial charge in [-0.1, -0.05) is 11.2 Å². The molecular formula is C21H24FN5O3S. The van der Waals surface area contributed by atoms with Gasteiger partial charge in [0.25, 0.3) is 0 Å². The van der Waals surface area contributed by atoms with Gasteiger partial charge >= 0.3 is 0 Å². The molecule has 1 saturated carbocycles. The molecule has 0 atom stereocenters. The van der Waals surface area contributed by atoms with Crippen LogP contribution in [0.5, 0.6) is 0 Å². The average Bonchev–Trinajstić information content (AvgIpc) is 3.60. The van der Waals surface area contributed by atoms with E-state index in [9.17, 15) is 12.8 Å². The fourth-order valence-electron chi connectivity index (χ4n) is 3.39. The van der Waals surface area contributed by atoms with Gasteiger partial charge in [0.15, 0.2) is 0 Å². The predicted octanol–water partition coefficient (Wildman–Crippen LogP) is 2.08. The number of hydrogen-bond donors (Lipinski definition) is 2. The van der Waals surface area contributed by atoms with E-state index >= 15 is 0 Å². The van der Waals surface area contributed by atoms with Crippen LogP contribution in [0.25, 0.3) is 0 Å². The molecule has 4 rings (SSSR count). The highest BCUT2D eigenvalue weighted by molar-refractivity contribution is 7.93. The highest BCUT2D eigenvalue weighted by Crippen LogP contribution is 2.23. The molecule has 8 nitrogen and oxygen atoms in total. The van der Waals surface area contributed by atoms with Gasteiger partial charge in [-0.15, -0.1) is 0 Å². The van der Waals surface area contributed by atoms with Crippen LogP contribution in [0.3, 0.4) is 0 Å². The molecule has 1 saturated heterocycles. The lowest BCUT2D eigenvalue weighted by Gasteiger charge is -2.29. The largest absolute Gasteiger partial charge is 0.391 e. The van der Waals surface area contributed by atoms with Gasteiger partial charge in [-0.25, -0.2) is 12.8 Å². The first-order chi connectivity index (χ1) is 15.0. The molecule has 0 spiro atoms. The SMILES string of the molecule is N#Cc1cc(CON=C2CCN(S(=O)(=O)C3=CC=C(NC4CC4)NC3)CC2)ccc1F. The minimum absolute atomic E-state index is 0.0379. The van der Waals surface area contributed by atoms with Crippen molar-refractivity contribution >= 4 is 15.7 Å². The fourth-order valence-corrected chi connectivity index (χ4v) is 4.88. The van der Waals surface area contributed by atoms with Crippen LogP contribution in [0.4, 0.5) is 4.39 Å². The van der Waals surface area contributed by atoms with Crippen molar-refractivity contribution in [3.8, 4) is 6.07 Å². The summed E-state index contributed by atoms with van der Waals surface area (Å²) in [4.78, 5) is 5.69. The lowest BCUT2D eigenvalue weighted by molar-refractivity contribution is 0.128. The van der Waals surface area contributed by atoms with Crippen LogP contribution in [-0.4, -0.2) is 44.1 Å². The monoisotopic (exact) mass is 445 g/mol. The van der Waals surface area contributed by atoms with Gasteiger partial charge in [0.1, 0.15) is 18.5 Å². The molecule has 1 aliphatic carbocycles. The number of nitrogens with zero attached hydrogens (tertiary/aromatic N) is 3. The predicted molar refractivity (Wildman–Crippen MR) is 113 cm³/mol. The summed E-state index contributed by atoms with van der Waals surface area (Å²) in [6.07, 6.45) is 6.72. The van der Waals surface area contributed by atoms with Gasteiger partial charge in [0.05, 0.1) is 28.5 Å². The van der Waals surface area contributed by atoms with E-state index in [2.05, 4.69) is 15.8 Å². The second-order valence-electron chi connectivity index (χ2n) is 7.75. The molecule has 0 radical (unpaired) electrons.